The van der Waals surface area contributed by atoms with Crippen LogP contribution >= 0.6 is 0 Å². The topological polar surface area (TPSA) is 96.2 Å². The number of imidazole rings is 1. The first kappa shape index (κ1) is 20.4. The average molecular weight is 396 g/mol. The second-order valence-corrected chi connectivity index (χ2v) is 6.66. The average Bonchev–Trinajstić information content (AvgIpc) is 3.14. The van der Waals surface area contributed by atoms with Gasteiger partial charge in [0.2, 0.25) is 0 Å². The lowest BCUT2D eigenvalue weighted by Crippen LogP contribution is -2.26. The quantitative estimate of drug-likeness (QED) is 0.446. The Bertz CT molecular complexity index is 1010. The Morgan fingerprint density at radius 1 is 1.00 bits per heavy atom. The van der Waals surface area contributed by atoms with Gasteiger partial charge in [0, 0.05) is 11.6 Å². The number of rotatable bonds is 7. The summed E-state index contributed by atoms with van der Waals surface area (Å²) >= 11 is 0. The van der Waals surface area contributed by atoms with Crippen molar-refractivity contribution in [1.29, 1.82) is 0 Å². The second-order valence-electron chi connectivity index (χ2n) is 6.66. The Labute approximate surface area is 168 Å². The van der Waals surface area contributed by atoms with E-state index in [0.29, 0.717) is 28.0 Å². The number of nitrogens with zero attached hydrogens (tertiary/aromatic N) is 4. The molecular weight excluding hydrogens is 372 g/mol. The molecule has 8 nitrogen and oxygen atoms in total. The molecule has 0 aliphatic carbocycles. The monoisotopic (exact) mass is 396 g/mol. The molecule has 2 heterocycles. The fraction of sp³-hybridized carbons (Fsp3) is 0.381. The van der Waals surface area contributed by atoms with Crippen molar-refractivity contribution in [2.24, 2.45) is 0 Å². The summed E-state index contributed by atoms with van der Waals surface area (Å²) in [4.78, 5) is 38.5. The van der Waals surface area contributed by atoms with E-state index in [0.717, 1.165) is 0 Å². The third-order valence-corrected chi connectivity index (χ3v) is 4.49. The Morgan fingerprint density at radius 2 is 1.66 bits per heavy atom. The van der Waals surface area contributed by atoms with Crippen LogP contribution in [0.25, 0.3) is 22.4 Å². The summed E-state index contributed by atoms with van der Waals surface area (Å²) in [6, 6.07) is 7.26. The number of fused-ring (bicyclic) bond motifs is 1. The van der Waals surface area contributed by atoms with Crippen molar-refractivity contribution in [3.05, 3.63) is 42.5 Å². The lowest BCUT2D eigenvalue weighted by molar-refractivity contribution is -0.156. The summed E-state index contributed by atoms with van der Waals surface area (Å²) in [7, 11) is 0. The van der Waals surface area contributed by atoms with Crippen LogP contribution in [0.15, 0.2) is 36.9 Å². The van der Waals surface area contributed by atoms with E-state index >= 15 is 0 Å². The van der Waals surface area contributed by atoms with Gasteiger partial charge < -0.3 is 14.0 Å². The third-order valence-electron chi connectivity index (χ3n) is 4.49. The molecule has 0 spiro atoms. The molecule has 0 unspecified atom stereocenters. The van der Waals surface area contributed by atoms with Crippen molar-refractivity contribution in [2.45, 2.75) is 39.7 Å². The van der Waals surface area contributed by atoms with E-state index in [4.69, 9.17) is 9.47 Å². The highest BCUT2D eigenvalue weighted by Gasteiger charge is 2.34. The molecule has 0 amide bonds. The summed E-state index contributed by atoms with van der Waals surface area (Å²) in [6.07, 6.45) is 3.17. The van der Waals surface area contributed by atoms with Crippen LogP contribution in [0.4, 0.5) is 0 Å². The van der Waals surface area contributed by atoms with Gasteiger partial charge in [-0.15, -0.1) is 0 Å². The molecule has 2 aromatic heterocycles. The van der Waals surface area contributed by atoms with E-state index in [-0.39, 0.29) is 19.3 Å². The predicted molar refractivity (Wildman–Crippen MR) is 107 cm³/mol. The minimum atomic E-state index is -1.21. The Hall–Kier alpha value is -3.29. The molecule has 0 bridgehead atoms. The minimum absolute atomic E-state index is 0.160. The number of carbonyl (C=O) groups is 2. The molecule has 29 heavy (non-hydrogen) atoms. The highest BCUT2D eigenvalue weighted by molar-refractivity contribution is 6.03. The number of hydrogen-bond donors (Lipinski definition) is 0. The molecule has 3 rings (SSSR count). The number of ether oxygens (including phenoxy) is 2. The molecule has 0 N–H and O–H groups in total. The molecule has 0 saturated heterocycles. The van der Waals surface area contributed by atoms with Crippen LogP contribution in [0.1, 0.15) is 45.2 Å². The maximum absolute atomic E-state index is 12.6. The SMILES string of the molecule is CCOC(=O)C(C(=O)OCC)c1ccccc1-c1ncnc2c1ncn2C(C)C. The van der Waals surface area contributed by atoms with Crippen molar-refractivity contribution in [2.75, 3.05) is 13.2 Å². The van der Waals surface area contributed by atoms with E-state index in [1.807, 2.05) is 24.5 Å². The zero-order valence-corrected chi connectivity index (χ0v) is 17.0. The molecule has 0 fully saturated rings. The summed E-state index contributed by atoms with van der Waals surface area (Å²) in [5.41, 5.74) is 2.90. The first-order chi connectivity index (χ1) is 14.0. The van der Waals surface area contributed by atoms with Crippen LogP contribution in [0, 0.1) is 0 Å². The molecule has 0 atom stereocenters. The summed E-state index contributed by atoms with van der Waals surface area (Å²) < 4.78 is 12.2. The molecule has 0 saturated carbocycles. The number of hydrogen-bond acceptors (Lipinski definition) is 7. The largest absolute Gasteiger partial charge is 0.465 e. The minimum Gasteiger partial charge on any atom is -0.465 e. The van der Waals surface area contributed by atoms with Gasteiger partial charge in [-0.1, -0.05) is 24.3 Å². The van der Waals surface area contributed by atoms with Crippen LogP contribution in [0.3, 0.4) is 0 Å². The highest BCUT2D eigenvalue weighted by Crippen LogP contribution is 2.33. The van der Waals surface area contributed by atoms with Crippen molar-refractivity contribution >= 4 is 23.1 Å². The fourth-order valence-corrected chi connectivity index (χ4v) is 3.19. The van der Waals surface area contributed by atoms with E-state index in [1.54, 1.807) is 38.4 Å². The lowest BCUT2D eigenvalue weighted by atomic mass is 9.92. The summed E-state index contributed by atoms with van der Waals surface area (Å²) in [5.74, 6) is -2.52. The first-order valence-electron chi connectivity index (χ1n) is 9.59. The van der Waals surface area contributed by atoms with Gasteiger partial charge in [0.1, 0.15) is 17.5 Å². The number of benzene rings is 1. The molecule has 1 aromatic carbocycles. The maximum Gasteiger partial charge on any atom is 0.324 e. The Balaban J connectivity index is 2.19. The van der Waals surface area contributed by atoms with E-state index in [9.17, 15) is 9.59 Å². The van der Waals surface area contributed by atoms with Gasteiger partial charge in [-0.25, -0.2) is 15.0 Å². The Kier molecular flexibility index (Phi) is 6.21. The zero-order chi connectivity index (χ0) is 21.0. The van der Waals surface area contributed by atoms with Crippen LogP contribution in [-0.4, -0.2) is 44.7 Å². The number of aromatic nitrogens is 4. The molecule has 3 aromatic rings. The van der Waals surface area contributed by atoms with Crippen molar-refractivity contribution in [1.82, 2.24) is 19.5 Å². The van der Waals surface area contributed by atoms with Crippen LogP contribution in [0.5, 0.6) is 0 Å². The number of esters is 2. The molecule has 8 heteroatoms. The first-order valence-corrected chi connectivity index (χ1v) is 9.59. The lowest BCUT2D eigenvalue weighted by Gasteiger charge is -2.18. The van der Waals surface area contributed by atoms with E-state index < -0.39 is 17.9 Å². The van der Waals surface area contributed by atoms with Gasteiger partial charge in [0.25, 0.3) is 0 Å². The van der Waals surface area contributed by atoms with Crippen molar-refractivity contribution < 1.29 is 19.1 Å². The summed E-state index contributed by atoms with van der Waals surface area (Å²) in [5, 5.41) is 0. The van der Waals surface area contributed by atoms with Crippen molar-refractivity contribution in [3.8, 4) is 11.3 Å². The van der Waals surface area contributed by atoms with Crippen LogP contribution in [0.2, 0.25) is 0 Å². The van der Waals surface area contributed by atoms with E-state index in [1.165, 1.54) is 6.33 Å². The standard InChI is InChI=1S/C21H24N4O4/c1-5-28-20(26)16(21(27)29-6-2)14-9-7-8-10-15(14)17-18-19(23-11-22-17)25(12-24-18)13(3)4/h7-13,16H,5-6H2,1-4H3. The van der Waals surface area contributed by atoms with Gasteiger partial charge in [-0.3, -0.25) is 9.59 Å². The molecule has 0 aliphatic rings. The number of carbonyl (C=O) groups excluding carboxylic acids is 2. The molecule has 0 aliphatic heterocycles. The molecule has 152 valence electrons. The van der Waals surface area contributed by atoms with Gasteiger partial charge >= 0.3 is 11.9 Å². The fourth-order valence-electron chi connectivity index (χ4n) is 3.19. The predicted octanol–water partition coefficient (Wildman–Crippen LogP) is 3.28. The van der Waals surface area contributed by atoms with Crippen LogP contribution in [-0.2, 0) is 19.1 Å². The highest BCUT2D eigenvalue weighted by atomic mass is 16.6. The smallest absolute Gasteiger partial charge is 0.324 e. The maximum atomic E-state index is 12.6. The molecule has 0 radical (unpaired) electrons. The Morgan fingerprint density at radius 3 is 2.28 bits per heavy atom. The van der Waals surface area contributed by atoms with Gasteiger partial charge in [-0.2, -0.15) is 0 Å². The van der Waals surface area contributed by atoms with Gasteiger partial charge in [0.05, 0.1) is 19.5 Å². The zero-order valence-electron chi connectivity index (χ0n) is 17.0. The van der Waals surface area contributed by atoms with E-state index in [2.05, 4.69) is 15.0 Å². The van der Waals surface area contributed by atoms with Crippen molar-refractivity contribution in [3.63, 3.8) is 0 Å². The summed E-state index contributed by atoms with van der Waals surface area (Å²) in [6.45, 7) is 7.78. The third kappa shape index (κ3) is 3.96. The van der Waals surface area contributed by atoms with Gasteiger partial charge in [0.15, 0.2) is 11.6 Å². The van der Waals surface area contributed by atoms with Crippen LogP contribution < -0.4 is 0 Å². The normalized spacial score (nSPS) is 11.2. The molecular formula is C21H24N4O4. The van der Waals surface area contributed by atoms with Gasteiger partial charge in [-0.05, 0) is 33.3 Å². The second kappa shape index (κ2) is 8.81.